The van der Waals surface area contributed by atoms with Crippen molar-refractivity contribution in [3.63, 3.8) is 0 Å². The zero-order chi connectivity index (χ0) is 26.6. The zero-order valence-electron chi connectivity index (χ0n) is 24.6. The second kappa shape index (κ2) is 8.15. The van der Waals surface area contributed by atoms with Gasteiger partial charge >= 0.3 is 0 Å². The van der Waals surface area contributed by atoms with Crippen LogP contribution in [0.3, 0.4) is 0 Å². The van der Waals surface area contributed by atoms with E-state index in [0.29, 0.717) is 11.1 Å². The third-order valence-corrected chi connectivity index (χ3v) is 7.33. The summed E-state index contributed by atoms with van der Waals surface area (Å²) in [4.78, 5) is 0. The van der Waals surface area contributed by atoms with Crippen LogP contribution in [-0.4, -0.2) is 8.07 Å². The number of aromatic nitrogens is 1. The average molecular weight is 422 g/mol. The van der Waals surface area contributed by atoms with E-state index < -0.39 is 26.7 Å². The van der Waals surface area contributed by atoms with E-state index in [-0.39, 0.29) is 0 Å². The molecule has 0 aliphatic carbocycles. The molecule has 1 aromatic heterocycles. The van der Waals surface area contributed by atoms with Gasteiger partial charge in [-0.15, -0.1) is 0 Å². The number of benzene rings is 2. The number of nitrogens with zero attached hydrogens (tertiary/aromatic N) is 1. The number of hydrogen-bond acceptors (Lipinski definition) is 0. The molecule has 2 heteroatoms. The first kappa shape index (κ1) is 16.5. The predicted molar refractivity (Wildman–Crippen MR) is 134 cm³/mol. The molecule has 0 unspecified atom stereocenters. The molecule has 3 rings (SSSR count). The minimum Gasteiger partial charge on any atom is -0.201 e. The lowest BCUT2D eigenvalue weighted by molar-refractivity contribution is -0.659. The summed E-state index contributed by atoms with van der Waals surface area (Å²) in [5.74, 6) is 0. The van der Waals surface area contributed by atoms with Gasteiger partial charge in [0.1, 0.15) is 7.05 Å². The molecular formula is C28H38NSi+. The number of aryl methyl sites for hydroxylation is 3. The van der Waals surface area contributed by atoms with E-state index in [1.165, 1.54) is 0 Å². The lowest BCUT2D eigenvalue weighted by atomic mass is 9.87. The van der Waals surface area contributed by atoms with Crippen molar-refractivity contribution in [2.24, 2.45) is 12.5 Å². The van der Waals surface area contributed by atoms with E-state index in [9.17, 15) is 0 Å². The average Bonchev–Trinajstić information content (AvgIpc) is 2.72. The third-order valence-electron chi connectivity index (χ3n) is 5.32. The van der Waals surface area contributed by atoms with Crippen molar-refractivity contribution in [2.45, 2.75) is 60.6 Å². The summed E-state index contributed by atoms with van der Waals surface area (Å²) < 4.78 is 44.7. The first-order chi connectivity index (χ1) is 15.9. The number of pyridine rings is 1. The van der Waals surface area contributed by atoms with Crippen LogP contribution in [0.4, 0.5) is 0 Å². The molecule has 0 bridgehead atoms. The molecule has 0 aliphatic rings. The van der Waals surface area contributed by atoms with Crippen molar-refractivity contribution in [3.05, 3.63) is 71.4 Å². The van der Waals surface area contributed by atoms with Crippen LogP contribution in [0.25, 0.3) is 22.4 Å². The van der Waals surface area contributed by atoms with Gasteiger partial charge < -0.3 is 0 Å². The summed E-state index contributed by atoms with van der Waals surface area (Å²) in [6.07, 6.45) is 0.556. The Morgan fingerprint density at radius 1 is 0.967 bits per heavy atom. The fourth-order valence-electron chi connectivity index (χ4n) is 3.86. The Hall–Kier alpha value is -2.19. The maximum absolute atomic E-state index is 9.12. The second-order valence-corrected chi connectivity index (χ2v) is 15.3. The van der Waals surface area contributed by atoms with Crippen molar-refractivity contribution in [1.82, 2.24) is 0 Å². The summed E-state index contributed by atoms with van der Waals surface area (Å²) >= 11 is 0. The van der Waals surface area contributed by atoms with Gasteiger partial charge in [0.2, 0.25) is 5.69 Å². The molecule has 0 atom stereocenters. The minimum absolute atomic E-state index is 0.330. The van der Waals surface area contributed by atoms with Gasteiger partial charge in [0.05, 0.1) is 8.07 Å². The monoisotopic (exact) mass is 421 g/mol. The zero-order valence-corrected chi connectivity index (χ0v) is 20.6. The Labute approximate surface area is 191 Å². The van der Waals surface area contributed by atoms with E-state index in [2.05, 4.69) is 30.4 Å². The summed E-state index contributed by atoms with van der Waals surface area (Å²) in [5.41, 5.74) is 4.65. The normalized spacial score (nSPS) is 15.7. The van der Waals surface area contributed by atoms with Crippen LogP contribution >= 0.6 is 0 Å². The first-order valence-corrected chi connectivity index (χ1v) is 14.1. The fraction of sp³-hybridized carbons (Fsp3) is 0.393. The van der Waals surface area contributed by atoms with Gasteiger partial charge in [0, 0.05) is 23.7 Å². The summed E-state index contributed by atoms with van der Waals surface area (Å²) in [6, 6.07) is 15.4. The molecular weight excluding hydrogens is 378 g/mol. The van der Waals surface area contributed by atoms with Crippen LogP contribution in [-0.2, 0) is 13.4 Å². The molecule has 0 radical (unpaired) electrons. The first-order valence-electron chi connectivity index (χ1n) is 13.1. The Balaban J connectivity index is 2.40. The molecule has 0 amide bonds. The topological polar surface area (TPSA) is 3.88 Å². The van der Waals surface area contributed by atoms with Crippen molar-refractivity contribution >= 4 is 13.3 Å². The van der Waals surface area contributed by atoms with Gasteiger partial charge in [0.25, 0.3) is 0 Å². The molecule has 0 spiro atoms. The molecule has 3 aromatic rings. The van der Waals surface area contributed by atoms with Gasteiger partial charge in [-0.3, -0.25) is 0 Å². The smallest absolute Gasteiger partial charge is 0.201 e. The number of hydrogen-bond donors (Lipinski definition) is 0. The third kappa shape index (κ3) is 4.92. The van der Waals surface area contributed by atoms with Gasteiger partial charge in [-0.2, -0.15) is 0 Å². The predicted octanol–water partition coefficient (Wildman–Crippen LogP) is 6.60. The lowest BCUT2D eigenvalue weighted by Gasteiger charge is -2.25. The van der Waals surface area contributed by atoms with Crippen LogP contribution < -0.4 is 9.75 Å². The van der Waals surface area contributed by atoms with E-state index in [1.807, 2.05) is 77.2 Å². The highest BCUT2D eigenvalue weighted by atomic mass is 28.3. The Morgan fingerprint density at radius 3 is 2.20 bits per heavy atom. The molecule has 0 N–H and O–H groups in total. The molecule has 1 heterocycles. The Kier molecular flexibility index (Phi) is 4.48. The number of rotatable bonds is 4. The SMILES string of the molecule is [2H]C([2H])([2H])c1cc(C)c(-c2cc(C([2H])([2H])C(C)(C)C)c([Si](C)(C)C)c[n+]2C)cc1-c1ccccc1. The van der Waals surface area contributed by atoms with Crippen molar-refractivity contribution in [1.29, 1.82) is 0 Å². The van der Waals surface area contributed by atoms with Crippen molar-refractivity contribution in [3.8, 4) is 22.4 Å². The summed E-state index contributed by atoms with van der Waals surface area (Å²) in [5, 5.41) is 1.10. The van der Waals surface area contributed by atoms with Crippen LogP contribution in [0.5, 0.6) is 0 Å². The van der Waals surface area contributed by atoms with Crippen molar-refractivity contribution in [2.75, 3.05) is 0 Å². The highest BCUT2D eigenvalue weighted by molar-refractivity contribution is 6.88. The maximum atomic E-state index is 9.12. The Bertz CT molecular complexity index is 1230. The van der Waals surface area contributed by atoms with E-state index in [0.717, 1.165) is 33.1 Å². The molecule has 0 aliphatic heterocycles. The van der Waals surface area contributed by atoms with E-state index in [4.69, 9.17) is 6.85 Å². The molecule has 0 saturated carbocycles. The van der Waals surface area contributed by atoms with Crippen molar-refractivity contribution < 1.29 is 11.4 Å². The lowest BCUT2D eigenvalue weighted by Crippen LogP contribution is -2.47. The molecule has 30 heavy (non-hydrogen) atoms. The molecule has 1 nitrogen and oxygen atoms in total. The van der Waals surface area contributed by atoms with Crippen LogP contribution in [0.2, 0.25) is 19.6 Å². The summed E-state index contributed by atoms with van der Waals surface area (Å²) in [7, 11) is 0.127. The van der Waals surface area contributed by atoms with Crippen LogP contribution in [0, 0.1) is 19.2 Å². The fourth-order valence-corrected chi connectivity index (χ4v) is 5.39. The van der Waals surface area contributed by atoms with Crippen LogP contribution in [0.1, 0.15) is 44.3 Å². The molecule has 158 valence electrons. The highest BCUT2D eigenvalue weighted by Gasteiger charge is 2.28. The molecule has 0 fully saturated rings. The second-order valence-electron chi connectivity index (χ2n) is 10.3. The Morgan fingerprint density at radius 2 is 1.63 bits per heavy atom. The van der Waals surface area contributed by atoms with Gasteiger partial charge in [-0.25, -0.2) is 4.57 Å². The maximum Gasteiger partial charge on any atom is 0.212 e. The van der Waals surface area contributed by atoms with Gasteiger partial charge in [0.15, 0.2) is 6.20 Å². The van der Waals surface area contributed by atoms with Gasteiger partial charge in [-0.05, 0) is 59.4 Å². The van der Waals surface area contributed by atoms with E-state index >= 15 is 0 Å². The molecule has 0 saturated heterocycles. The largest absolute Gasteiger partial charge is 0.212 e. The van der Waals surface area contributed by atoms with Crippen LogP contribution in [0.15, 0.2) is 54.7 Å². The summed E-state index contributed by atoms with van der Waals surface area (Å²) in [6.45, 7) is 12.3. The molecule has 2 aromatic carbocycles. The van der Waals surface area contributed by atoms with Gasteiger partial charge in [-0.1, -0.05) is 76.8 Å². The highest BCUT2D eigenvalue weighted by Crippen LogP contribution is 2.32. The minimum atomic E-state index is -2.24. The van der Waals surface area contributed by atoms with E-state index in [1.54, 1.807) is 6.07 Å². The quantitative estimate of drug-likeness (QED) is 0.330. The standard InChI is InChI=1S/C28H38NSi/c1-20-15-21(2)25(17-24(20)22-13-11-10-12-14-22)26-16-23(18-28(3,4)5)27(19-29(26)6)30(7,8)9/h10-17,19H,18H2,1-9H3/q+1/i1D3,18D2.